The normalized spacial score (nSPS) is 11.6. The lowest BCUT2D eigenvalue weighted by molar-refractivity contribution is 1.19. The number of pyridine rings is 1. The predicted octanol–water partition coefficient (Wildman–Crippen LogP) is 11.5. The highest BCUT2D eigenvalue weighted by Crippen LogP contribution is 2.45. The molecule has 2 nitrogen and oxygen atoms in total. The van der Waals surface area contributed by atoms with E-state index in [0.717, 1.165) is 22.5 Å². The first-order valence-electron chi connectivity index (χ1n) is 15.4. The first-order chi connectivity index (χ1) is 22.3. The fourth-order valence-corrected chi connectivity index (χ4v) is 6.98. The molecule has 2 heterocycles. The minimum absolute atomic E-state index is 0.962. The van der Waals surface area contributed by atoms with E-state index in [1.807, 2.05) is 6.07 Å². The largest absolute Gasteiger partial charge is 0.306 e. The monoisotopic (exact) mass is 572 g/mol. The van der Waals surface area contributed by atoms with Crippen molar-refractivity contribution in [2.45, 2.75) is 0 Å². The molecule has 0 fully saturated rings. The summed E-state index contributed by atoms with van der Waals surface area (Å²) in [6.07, 6.45) is 4.20. The maximum Gasteiger partial charge on any atom is 0.145 e. The Morgan fingerprint density at radius 1 is 0.378 bits per heavy atom. The van der Waals surface area contributed by atoms with Crippen LogP contribution in [0.4, 0.5) is 0 Å². The Bertz CT molecular complexity index is 2460. The van der Waals surface area contributed by atoms with E-state index in [2.05, 4.69) is 168 Å². The van der Waals surface area contributed by atoms with Crippen molar-refractivity contribution in [1.82, 2.24) is 9.38 Å². The van der Waals surface area contributed by atoms with Crippen LogP contribution in [0.1, 0.15) is 0 Å². The molecule has 0 saturated heterocycles. The molecular weight excluding hydrogens is 544 g/mol. The third-order valence-electron chi connectivity index (χ3n) is 9.03. The van der Waals surface area contributed by atoms with Gasteiger partial charge < -0.3 is 4.40 Å². The summed E-state index contributed by atoms with van der Waals surface area (Å²) < 4.78 is 2.12. The molecule has 2 aromatic heterocycles. The van der Waals surface area contributed by atoms with Crippen LogP contribution in [0.3, 0.4) is 0 Å². The highest BCUT2D eigenvalue weighted by atomic mass is 15.0. The summed E-state index contributed by atoms with van der Waals surface area (Å²) in [5.41, 5.74) is 10.3. The summed E-state index contributed by atoms with van der Waals surface area (Å²) in [7, 11) is 0. The number of aromatic nitrogens is 2. The van der Waals surface area contributed by atoms with Crippen molar-refractivity contribution in [3.63, 3.8) is 0 Å². The highest BCUT2D eigenvalue weighted by Gasteiger charge is 2.18. The fraction of sp³-hybridized carbons (Fsp3) is 0. The SMILES string of the molecule is c1ccc(-c2cccn3cc(-c4ccc(-c5c6ccccc6c(-c6cccc7ccccc67)c6ccccc56)cc4)nc23)cc1. The molecular formula is C43H28N2. The van der Waals surface area contributed by atoms with Gasteiger partial charge in [-0.3, -0.25) is 0 Å². The lowest BCUT2D eigenvalue weighted by Gasteiger charge is -2.19. The molecule has 9 rings (SSSR count). The van der Waals surface area contributed by atoms with Crippen LogP contribution in [-0.4, -0.2) is 9.38 Å². The average Bonchev–Trinajstić information content (AvgIpc) is 3.56. The van der Waals surface area contributed by atoms with Gasteiger partial charge >= 0.3 is 0 Å². The predicted molar refractivity (Wildman–Crippen MR) is 189 cm³/mol. The van der Waals surface area contributed by atoms with E-state index >= 15 is 0 Å². The lowest BCUT2D eigenvalue weighted by Crippen LogP contribution is -1.91. The average molecular weight is 573 g/mol. The van der Waals surface area contributed by atoms with Crippen LogP contribution in [0.2, 0.25) is 0 Å². The number of nitrogens with zero attached hydrogens (tertiary/aromatic N) is 2. The molecule has 0 atom stereocenters. The maximum atomic E-state index is 5.09. The number of hydrogen-bond acceptors (Lipinski definition) is 1. The third kappa shape index (κ3) is 4.15. The van der Waals surface area contributed by atoms with E-state index in [0.29, 0.717) is 0 Å². The zero-order chi connectivity index (χ0) is 29.7. The minimum Gasteiger partial charge on any atom is -0.306 e. The van der Waals surface area contributed by atoms with Gasteiger partial charge in [-0.25, -0.2) is 4.98 Å². The number of benzene rings is 7. The van der Waals surface area contributed by atoms with Crippen molar-refractivity contribution in [2.24, 2.45) is 0 Å². The summed E-state index contributed by atoms with van der Waals surface area (Å²) in [6.45, 7) is 0. The Kier molecular flexibility index (Phi) is 5.85. The molecule has 45 heavy (non-hydrogen) atoms. The van der Waals surface area contributed by atoms with Crippen LogP contribution >= 0.6 is 0 Å². The Hall–Kier alpha value is -5.99. The van der Waals surface area contributed by atoms with Gasteiger partial charge in [-0.2, -0.15) is 0 Å². The molecule has 0 amide bonds. The Labute approximate surface area is 261 Å². The summed E-state index contributed by atoms with van der Waals surface area (Å²) >= 11 is 0. The molecule has 0 aliphatic rings. The van der Waals surface area contributed by atoms with Crippen LogP contribution in [0.5, 0.6) is 0 Å². The molecule has 0 aliphatic heterocycles. The van der Waals surface area contributed by atoms with E-state index in [4.69, 9.17) is 4.98 Å². The molecule has 9 aromatic rings. The van der Waals surface area contributed by atoms with E-state index in [1.165, 1.54) is 60.1 Å². The Morgan fingerprint density at radius 3 is 1.64 bits per heavy atom. The van der Waals surface area contributed by atoms with Gasteiger partial charge in [-0.15, -0.1) is 0 Å². The maximum absolute atomic E-state index is 5.09. The first-order valence-corrected chi connectivity index (χ1v) is 15.4. The van der Waals surface area contributed by atoms with Gasteiger partial charge in [-0.05, 0) is 72.3 Å². The van der Waals surface area contributed by atoms with E-state index < -0.39 is 0 Å². The van der Waals surface area contributed by atoms with E-state index in [1.54, 1.807) is 0 Å². The molecule has 0 bridgehead atoms. The third-order valence-corrected chi connectivity index (χ3v) is 9.03. The lowest BCUT2D eigenvalue weighted by atomic mass is 9.84. The summed E-state index contributed by atoms with van der Waals surface area (Å²) in [4.78, 5) is 5.09. The molecule has 0 aliphatic carbocycles. The Morgan fingerprint density at radius 2 is 0.933 bits per heavy atom. The number of fused-ring (bicyclic) bond motifs is 4. The highest BCUT2D eigenvalue weighted by molar-refractivity contribution is 6.23. The van der Waals surface area contributed by atoms with Crippen molar-refractivity contribution in [3.8, 4) is 44.6 Å². The first kappa shape index (κ1) is 25.5. The smallest absolute Gasteiger partial charge is 0.145 e. The second-order valence-electron chi connectivity index (χ2n) is 11.6. The van der Waals surface area contributed by atoms with Crippen molar-refractivity contribution >= 4 is 38.0 Å². The van der Waals surface area contributed by atoms with Crippen LogP contribution in [0.25, 0.3) is 82.6 Å². The van der Waals surface area contributed by atoms with Gasteiger partial charge in [0.25, 0.3) is 0 Å². The van der Waals surface area contributed by atoms with Crippen LogP contribution in [-0.2, 0) is 0 Å². The molecule has 0 spiro atoms. The second kappa shape index (κ2) is 10.3. The minimum atomic E-state index is 0.962. The van der Waals surface area contributed by atoms with Crippen LogP contribution < -0.4 is 0 Å². The molecule has 210 valence electrons. The van der Waals surface area contributed by atoms with Gasteiger partial charge in [-0.1, -0.05) is 146 Å². The van der Waals surface area contributed by atoms with Crippen LogP contribution in [0, 0.1) is 0 Å². The molecule has 0 saturated carbocycles. The van der Waals surface area contributed by atoms with Crippen molar-refractivity contribution in [2.75, 3.05) is 0 Å². The van der Waals surface area contributed by atoms with Gasteiger partial charge in [0.15, 0.2) is 0 Å². The summed E-state index contributed by atoms with van der Waals surface area (Å²) in [6, 6.07) is 56.7. The summed E-state index contributed by atoms with van der Waals surface area (Å²) in [5.74, 6) is 0. The number of rotatable bonds is 4. The quantitative estimate of drug-likeness (QED) is 0.192. The fourth-order valence-electron chi connectivity index (χ4n) is 6.98. The standard InChI is InChI=1S/C43H28N2/c1-2-12-30(13-3-1)34-22-11-27-45-28-40(44-43(34)45)31-23-25-32(26-24-31)41-36-17-6-8-19-38(36)42(39-20-9-7-18-37(39)41)35-21-10-15-29-14-4-5-16-33(29)35/h1-28H. The number of hydrogen-bond donors (Lipinski definition) is 0. The van der Waals surface area contributed by atoms with Gasteiger partial charge in [0.05, 0.1) is 5.69 Å². The second-order valence-corrected chi connectivity index (χ2v) is 11.6. The van der Waals surface area contributed by atoms with Crippen LogP contribution in [0.15, 0.2) is 170 Å². The Balaban J connectivity index is 1.22. The van der Waals surface area contributed by atoms with Gasteiger partial charge in [0.2, 0.25) is 0 Å². The zero-order valence-corrected chi connectivity index (χ0v) is 24.6. The zero-order valence-electron chi connectivity index (χ0n) is 24.6. The van der Waals surface area contributed by atoms with Crippen molar-refractivity contribution in [1.29, 1.82) is 0 Å². The molecule has 0 N–H and O–H groups in total. The van der Waals surface area contributed by atoms with E-state index in [-0.39, 0.29) is 0 Å². The number of imidazole rings is 1. The molecule has 0 radical (unpaired) electrons. The van der Waals surface area contributed by atoms with Crippen molar-refractivity contribution < 1.29 is 0 Å². The topological polar surface area (TPSA) is 17.3 Å². The summed E-state index contributed by atoms with van der Waals surface area (Å²) in [5, 5.41) is 7.57. The van der Waals surface area contributed by atoms with Gasteiger partial charge in [0, 0.05) is 23.5 Å². The molecule has 7 aromatic carbocycles. The van der Waals surface area contributed by atoms with Crippen molar-refractivity contribution in [3.05, 3.63) is 170 Å². The van der Waals surface area contributed by atoms with E-state index in [9.17, 15) is 0 Å². The van der Waals surface area contributed by atoms with Gasteiger partial charge in [0.1, 0.15) is 5.65 Å². The molecule has 0 unspecified atom stereocenters. The molecule has 2 heteroatoms.